The number of aromatic amines is 1. The van der Waals surface area contributed by atoms with Crippen molar-refractivity contribution in [1.82, 2.24) is 9.97 Å². The summed E-state index contributed by atoms with van der Waals surface area (Å²) in [6, 6.07) is 6.25. The van der Waals surface area contributed by atoms with Crippen LogP contribution in [0.3, 0.4) is 0 Å². The molecule has 0 saturated carbocycles. The zero-order valence-corrected chi connectivity index (χ0v) is 10.6. The van der Waals surface area contributed by atoms with Gasteiger partial charge in [0.1, 0.15) is 0 Å². The Bertz CT molecular complexity index is 533. The molecule has 2 aromatic rings. The van der Waals surface area contributed by atoms with Crippen LogP contribution in [-0.2, 0) is 18.3 Å². The molecule has 1 aromatic heterocycles. The van der Waals surface area contributed by atoms with E-state index in [0.29, 0.717) is 0 Å². The van der Waals surface area contributed by atoms with Gasteiger partial charge in [-0.1, -0.05) is 24.6 Å². The van der Waals surface area contributed by atoms with E-state index in [2.05, 4.69) is 29.0 Å². The third-order valence-electron chi connectivity index (χ3n) is 3.97. The first-order valence-electron chi connectivity index (χ1n) is 6.00. The molecule has 1 heterocycles. The number of hydrogen-bond donors (Lipinski definition) is 1. The second-order valence-electron chi connectivity index (χ2n) is 4.87. The second kappa shape index (κ2) is 3.88. The first-order valence-corrected chi connectivity index (χ1v) is 6.37. The number of rotatable bonds is 2. The smallest absolute Gasteiger partial charge is 0.0921 e. The number of hydrogen-bond acceptors (Lipinski definition) is 1. The van der Waals surface area contributed by atoms with Crippen molar-refractivity contribution in [3.8, 4) is 0 Å². The molecular weight excluding hydrogens is 232 g/mol. The van der Waals surface area contributed by atoms with Gasteiger partial charge >= 0.3 is 0 Å². The topological polar surface area (TPSA) is 28.7 Å². The molecule has 2 nitrogen and oxygen atoms in total. The zero-order chi connectivity index (χ0) is 11.9. The Labute approximate surface area is 106 Å². The van der Waals surface area contributed by atoms with E-state index in [1.807, 2.05) is 12.3 Å². The van der Waals surface area contributed by atoms with E-state index < -0.39 is 0 Å². The third-order valence-corrected chi connectivity index (χ3v) is 4.21. The van der Waals surface area contributed by atoms with Crippen molar-refractivity contribution in [2.75, 3.05) is 0 Å². The summed E-state index contributed by atoms with van der Waals surface area (Å²) < 4.78 is 0. The predicted octanol–water partition coefficient (Wildman–Crippen LogP) is 3.51. The molecule has 1 aliphatic carbocycles. The Balaban J connectivity index is 2.03. The molecular formula is C14H15ClN2. The van der Waals surface area contributed by atoms with Crippen LogP contribution in [0.1, 0.15) is 30.2 Å². The van der Waals surface area contributed by atoms with Crippen LogP contribution in [0.5, 0.6) is 0 Å². The number of H-pyrrole nitrogens is 1. The molecule has 17 heavy (non-hydrogen) atoms. The van der Waals surface area contributed by atoms with Crippen molar-refractivity contribution >= 4 is 11.6 Å². The summed E-state index contributed by atoms with van der Waals surface area (Å²) in [6.45, 7) is 2.24. The van der Waals surface area contributed by atoms with Crippen molar-refractivity contribution in [3.63, 3.8) is 0 Å². The lowest BCUT2D eigenvalue weighted by atomic mass is 9.79. The number of fused-ring (bicyclic) bond motifs is 1. The highest BCUT2D eigenvalue weighted by molar-refractivity contribution is 6.30. The van der Waals surface area contributed by atoms with E-state index in [9.17, 15) is 0 Å². The Morgan fingerprint density at radius 2 is 2.18 bits per heavy atom. The largest absolute Gasteiger partial charge is 0.348 e. The van der Waals surface area contributed by atoms with Crippen LogP contribution < -0.4 is 0 Å². The number of imidazole rings is 1. The molecule has 88 valence electrons. The van der Waals surface area contributed by atoms with Gasteiger partial charge in [-0.2, -0.15) is 0 Å². The molecule has 1 unspecified atom stereocenters. The van der Waals surface area contributed by atoms with E-state index in [1.54, 1.807) is 6.33 Å². The van der Waals surface area contributed by atoms with Crippen LogP contribution in [0.2, 0.25) is 5.02 Å². The molecule has 1 atom stereocenters. The van der Waals surface area contributed by atoms with Crippen LogP contribution in [0.25, 0.3) is 0 Å². The number of nitrogens with zero attached hydrogens (tertiary/aromatic N) is 1. The maximum atomic E-state index is 6.06. The van der Waals surface area contributed by atoms with Gasteiger partial charge in [0.05, 0.1) is 6.33 Å². The maximum Gasteiger partial charge on any atom is 0.0921 e. The molecule has 1 N–H and O–H groups in total. The quantitative estimate of drug-likeness (QED) is 0.863. The summed E-state index contributed by atoms with van der Waals surface area (Å²) in [5.41, 5.74) is 4.23. The number of halogens is 1. The standard InChI is InChI=1S/C14H15ClN2/c1-2-14(13-8-16-9-17-13)6-10-3-4-12(15)5-11(10)7-14/h3-5,8-9H,2,6-7H2,1H3,(H,16,17). The Morgan fingerprint density at radius 1 is 1.35 bits per heavy atom. The summed E-state index contributed by atoms with van der Waals surface area (Å²) in [7, 11) is 0. The van der Waals surface area contributed by atoms with Crippen LogP contribution in [0.4, 0.5) is 0 Å². The minimum absolute atomic E-state index is 0.184. The normalized spacial score (nSPS) is 22.7. The van der Waals surface area contributed by atoms with E-state index in [0.717, 1.165) is 24.3 Å². The number of aromatic nitrogens is 2. The van der Waals surface area contributed by atoms with Gasteiger partial charge in [-0.3, -0.25) is 0 Å². The monoisotopic (exact) mass is 246 g/mol. The fourth-order valence-corrected chi connectivity index (χ4v) is 3.09. The summed E-state index contributed by atoms with van der Waals surface area (Å²) in [6.07, 6.45) is 6.97. The highest BCUT2D eigenvalue weighted by atomic mass is 35.5. The molecule has 0 bridgehead atoms. The Morgan fingerprint density at radius 3 is 2.88 bits per heavy atom. The van der Waals surface area contributed by atoms with E-state index in [1.165, 1.54) is 16.8 Å². The first-order chi connectivity index (χ1) is 8.23. The average molecular weight is 247 g/mol. The summed E-state index contributed by atoms with van der Waals surface area (Å²) in [5, 5.41) is 0.834. The first kappa shape index (κ1) is 10.8. The highest BCUT2D eigenvalue weighted by Crippen LogP contribution is 2.41. The second-order valence-corrected chi connectivity index (χ2v) is 5.30. The van der Waals surface area contributed by atoms with E-state index in [-0.39, 0.29) is 5.41 Å². The van der Waals surface area contributed by atoms with Gasteiger partial charge in [0.15, 0.2) is 0 Å². The lowest BCUT2D eigenvalue weighted by Crippen LogP contribution is -2.26. The van der Waals surface area contributed by atoms with E-state index >= 15 is 0 Å². The molecule has 0 amide bonds. The van der Waals surface area contributed by atoms with Crippen molar-refractivity contribution in [1.29, 1.82) is 0 Å². The molecule has 0 aliphatic heterocycles. The molecule has 0 saturated heterocycles. The number of benzene rings is 1. The van der Waals surface area contributed by atoms with Crippen molar-refractivity contribution in [2.24, 2.45) is 0 Å². The van der Waals surface area contributed by atoms with Gasteiger partial charge < -0.3 is 4.98 Å². The van der Waals surface area contributed by atoms with Gasteiger partial charge in [-0.25, -0.2) is 4.98 Å². The summed E-state index contributed by atoms with van der Waals surface area (Å²) in [5.74, 6) is 0. The molecule has 0 fully saturated rings. The lowest BCUT2D eigenvalue weighted by Gasteiger charge is -2.25. The fourth-order valence-electron chi connectivity index (χ4n) is 2.90. The van der Waals surface area contributed by atoms with Crippen molar-refractivity contribution in [3.05, 3.63) is 52.6 Å². The molecule has 3 heteroatoms. The van der Waals surface area contributed by atoms with Crippen LogP contribution in [0, 0.1) is 0 Å². The summed E-state index contributed by atoms with van der Waals surface area (Å²) >= 11 is 6.06. The van der Waals surface area contributed by atoms with E-state index in [4.69, 9.17) is 11.6 Å². The van der Waals surface area contributed by atoms with Crippen molar-refractivity contribution < 1.29 is 0 Å². The molecule has 1 aliphatic rings. The van der Waals surface area contributed by atoms with Crippen LogP contribution >= 0.6 is 11.6 Å². The van der Waals surface area contributed by atoms with Gasteiger partial charge in [0, 0.05) is 22.3 Å². The minimum atomic E-state index is 0.184. The van der Waals surface area contributed by atoms with Crippen molar-refractivity contribution in [2.45, 2.75) is 31.6 Å². The third kappa shape index (κ3) is 1.67. The maximum absolute atomic E-state index is 6.06. The SMILES string of the molecule is CCC1(c2cnc[nH]2)Cc2ccc(Cl)cc2C1. The van der Waals surface area contributed by atoms with Crippen LogP contribution in [0.15, 0.2) is 30.7 Å². The summed E-state index contributed by atoms with van der Waals surface area (Å²) in [4.78, 5) is 7.43. The highest BCUT2D eigenvalue weighted by Gasteiger charge is 2.38. The van der Waals surface area contributed by atoms with Gasteiger partial charge in [0.2, 0.25) is 0 Å². The van der Waals surface area contributed by atoms with Gasteiger partial charge in [0.25, 0.3) is 0 Å². The molecule has 0 spiro atoms. The Hall–Kier alpha value is -1.28. The van der Waals surface area contributed by atoms with Crippen LogP contribution in [-0.4, -0.2) is 9.97 Å². The number of nitrogens with one attached hydrogen (secondary N) is 1. The molecule has 0 radical (unpaired) electrons. The van der Waals surface area contributed by atoms with Gasteiger partial charge in [-0.15, -0.1) is 0 Å². The zero-order valence-electron chi connectivity index (χ0n) is 9.83. The fraction of sp³-hybridized carbons (Fsp3) is 0.357. The minimum Gasteiger partial charge on any atom is -0.348 e. The van der Waals surface area contributed by atoms with Gasteiger partial charge in [-0.05, 0) is 42.5 Å². The predicted molar refractivity (Wildman–Crippen MR) is 69.4 cm³/mol. The Kier molecular flexibility index (Phi) is 2.48. The molecule has 3 rings (SSSR count). The average Bonchev–Trinajstić information content (AvgIpc) is 2.95. The lowest BCUT2D eigenvalue weighted by molar-refractivity contribution is 0.424. The molecule has 1 aromatic carbocycles.